The van der Waals surface area contributed by atoms with E-state index in [1.807, 2.05) is 6.07 Å². The summed E-state index contributed by atoms with van der Waals surface area (Å²) in [5.74, 6) is 0.0212. The molecule has 4 nitrogen and oxygen atoms in total. The molecule has 0 unspecified atom stereocenters. The highest BCUT2D eigenvalue weighted by Crippen LogP contribution is 2.30. The Hall–Kier alpha value is -2.33. The third kappa shape index (κ3) is 4.02. The van der Waals surface area contributed by atoms with Crippen LogP contribution in [0.3, 0.4) is 0 Å². The van der Waals surface area contributed by atoms with Crippen molar-refractivity contribution in [2.75, 3.05) is 20.2 Å². The number of methoxy groups -OCH3 is 1. The fourth-order valence-corrected chi connectivity index (χ4v) is 3.55. The first-order valence-electron chi connectivity index (χ1n) is 8.76. The van der Waals surface area contributed by atoms with Crippen LogP contribution in [0.4, 0.5) is 0 Å². The minimum atomic E-state index is -0.668. The summed E-state index contributed by atoms with van der Waals surface area (Å²) in [5.41, 5.74) is 4.82. The largest absolute Gasteiger partial charge is 0.496 e. The molecule has 1 saturated heterocycles. The van der Waals surface area contributed by atoms with Crippen LogP contribution in [0.5, 0.6) is 5.75 Å². The molecule has 132 valence electrons. The molecule has 0 atom stereocenters. The summed E-state index contributed by atoms with van der Waals surface area (Å²) in [5, 5.41) is 9.15. The molecule has 3 rings (SSSR count). The van der Waals surface area contributed by atoms with Crippen LogP contribution >= 0.6 is 0 Å². The number of benzene rings is 2. The standard InChI is InChI=1S/C21H25NO3/c1-15-5-3-4-6-19(15)17-7-8-20(25-2)18(13-17)14-22-11-9-16(10-12-22)21(23)24/h3-8,13,16H,9-12,14H2,1-2H3,(H,23,24). The smallest absolute Gasteiger partial charge is 0.306 e. The van der Waals surface area contributed by atoms with Crippen molar-refractivity contribution in [3.05, 3.63) is 53.6 Å². The van der Waals surface area contributed by atoms with Crippen molar-refractivity contribution in [3.8, 4) is 16.9 Å². The molecule has 0 saturated carbocycles. The number of carboxylic acids is 1. The molecule has 0 radical (unpaired) electrons. The summed E-state index contributed by atoms with van der Waals surface area (Å²) in [6.07, 6.45) is 1.43. The molecule has 1 heterocycles. The summed E-state index contributed by atoms with van der Waals surface area (Å²) in [7, 11) is 1.70. The van der Waals surface area contributed by atoms with Crippen molar-refractivity contribution >= 4 is 5.97 Å². The van der Waals surface area contributed by atoms with Gasteiger partial charge in [-0.15, -0.1) is 0 Å². The van der Waals surface area contributed by atoms with Gasteiger partial charge in [0, 0.05) is 12.1 Å². The predicted octanol–water partition coefficient (Wildman–Crippen LogP) is 3.97. The zero-order chi connectivity index (χ0) is 17.8. The SMILES string of the molecule is COc1ccc(-c2ccccc2C)cc1CN1CCC(C(=O)O)CC1. The zero-order valence-corrected chi connectivity index (χ0v) is 14.9. The normalized spacial score (nSPS) is 15.9. The lowest BCUT2D eigenvalue weighted by Gasteiger charge is -2.30. The molecule has 25 heavy (non-hydrogen) atoms. The van der Waals surface area contributed by atoms with E-state index >= 15 is 0 Å². The third-order valence-electron chi connectivity index (χ3n) is 5.07. The van der Waals surface area contributed by atoms with Crippen molar-refractivity contribution in [1.82, 2.24) is 4.90 Å². The first-order chi connectivity index (χ1) is 12.1. The molecule has 0 bridgehead atoms. The van der Waals surface area contributed by atoms with Crippen LogP contribution in [-0.4, -0.2) is 36.2 Å². The summed E-state index contributed by atoms with van der Waals surface area (Å²) >= 11 is 0. The van der Waals surface area contributed by atoms with Gasteiger partial charge in [0.05, 0.1) is 13.0 Å². The van der Waals surface area contributed by atoms with Gasteiger partial charge < -0.3 is 9.84 Å². The van der Waals surface area contributed by atoms with Crippen LogP contribution in [0.1, 0.15) is 24.0 Å². The third-order valence-corrected chi connectivity index (χ3v) is 5.07. The zero-order valence-electron chi connectivity index (χ0n) is 14.9. The maximum absolute atomic E-state index is 11.1. The lowest BCUT2D eigenvalue weighted by Crippen LogP contribution is -2.35. The van der Waals surface area contributed by atoms with Crippen molar-refractivity contribution in [3.63, 3.8) is 0 Å². The van der Waals surface area contributed by atoms with E-state index in [0.29, 0.717) is 0 Å². The molecule has 1 fully saturated rings. The molecule has 2 aromatic rings. The number of aliphatic carboxylic acids is 1. The minimum Gasteiger partial charge on any atom is -0.496 e. The number of nitrogens with zero attached hydrogens (tertiary/aromatic N) is 1. The van der Waals surface area contributed by atoms with Crippen LogP contribution in [0.2, 0.25) is 0 Å². The van der Waals surface area contributed by atoms with Crippen LogP contribution in [-0.2, 0) is 11.3 Å². The lowest BCUT2D eigenvalue weighted by atomic mass is 9.95. The van der Waals surface area contributed by atoms with E-state index in [1.54, 1.807) is 7.11 Å². The second-order valence-electron chi connectivity index (χ2n) is 6.73. The van der Waals surface area contributed by atoms with Crippen LogP contribution in [0, 0.1) is 12.8 Å². The Labute approximate surface area is 149 Å². The fraction of sp³-hybridized carbons (Fsp3) is 0.381. The van der Waals surface area contributed by atoms with Gasteiger partial charge in [-0.2, -0.15) is 0 Å². The van der Waals surface area contributed by atoms with Crippen molar-refractivity contribution < 1.29 is 14.6 Å². The molecule has 0 aliphatic carbocycles. The van der Waals surface area contributed by atoms with Gasteiger partial charge in [-0.3, -0.25) is 9.69 Å². The average molecular weight is 339 g/mol. The summed E-state index contributed by atoms with van der Waals surface area (Å²) in [4.78, 5) is 13.4. The van der Waals surface area contributed by atoms with Gasteiger partial charge in [0.1, 0.15) is 5.75 Å². The van der Waals surface area contributed by atoms with Gasteiger partial charge in [-0.1, -0.05) is 30.3 Å². The molecular weight excluding hydrogens is 314 g/mol. The van der Waals surface area contributed by atoms with Crippen molar-refractivity contribution in [1.29, 1.82) is 0 Å². The molecular formula is C21H25NO3. The van der Waals surface area contributed by atoms with Gasteiger partial charge in [0.25, 0.3) is 0 Å². The molecule has 2 aromatic carbocycles. The number of likely N-dealkylation sites (tertiary alicyclic amines) is 1. The first-order valence-corrected chi connectivity index (χ1v) is 8.76. The molecule has 1 aliphatic rings. The van der Waals surface area contributed by atoms with Crippen LogP contribution in [0.15, 0.2) is 42.5 Å². The Kier molecular flexibility index (Phi) is 5.39. The van der Waals surface area contributed by atoms with E-state index in [9.17, 15) is 4.79 Å². The van der Waals surface area contributed by atoms with E-state index in [2.05, 4.69) is 48.2 Å². The Morgan fingerprint density at radius 2 is 1.92 bits per heavy atom. The van der Waals surface area contributed by atoms with Gasteiger partial charge in [0.2, 0.25) is 0 Å². The average Bonchev–Trinajstić information content (AvgIpc) is 2.62. The molecule has 0 aromatic heterocycles. The Balaban J connectivity index is 1.80. The van der Waals surface area contributed by atoms with Crippen LogP contribution < -0.4 is 4.74 Å². The second kappa shape index (κ2) is 7.70. The number of hydrogen-bond donors (Lipinski definition) is 1. The van der Waals surface area contributed by atoms with Crippen molar-refractivity contribution in [2.45, 2.75) is 26.3 Å². The minimum absolute atomic E-state index is 0.198. The predicted molar refractivity (Wildman–Crippen MR) is 98.8 cm³/mol. The van der Waals surface area contributed by atoms with Gasteiger partial charge in [-0.05, 0) is 61.7 Å². The van der Waals surface area contributed by atoms with E-state index in [4.69, 9.17) is 9.84 Å². The summed E-state index contributed by atoms with van der Waals surface area (Å²) in [6, 6.07) is 14.7. The number of piperidine rings is 1. The molecule has 1 aliphatic heterocycles. The Morgan fingerprint density at radius 1 is 1.20 bits per heavy atom. The molecule has 1 N–H and O–H groups in total. The highest BCUT2D eigenvalue weighted by atomic mass is 16.5. The maximum atomic E-state index is 11.1. The second-order valence-corrected chi connectivity index (χ2v) is 6.73. The monoisotopic (exact) mass is 339 g/mol. The highest BCUT2D eigenvalue weighted by molar-refractivity contribution is 5.70. The number of rotatable bonds is 5. The van der Waals surface area contributed by atoms with E-state index in [1.165, 1.54) is 16.7 Å². The number of ether oxygens (including phenoxy) is 1. The van der Waals surface area contributed by atoms with E-state index in [-0.39, 0.29) is 5.92 Å². The van der Waals surface area contributed by atoms with Crippen molar-refractivity contribution in [2.24, 2.45) is 5.92 Å². The quantitative estimate of drug-likeness (QED) is 0.895. The number of hydrogen-bond acceptors (Lipinski definition) is 3. The molecule has 4 heteroatoms. The molecule has 0 spiro atoms. The Morgan fingerprint density at radius 3 is 2.56 bits per heavy atom. The fourth-order valence-electron chi connectivity index (χ4n) is 3.55. The Bertz CT molecular complexity index is 749. The summed E-state index contributed by atoms with van der Waals surface area (Å²) in [6.45, 7) is 4.54. The van der Waals surface area contributed by atoms with Gasteiger partial charge >= 0.3 is 5.97 Å². The first kappa shape index (κ1) is 17.5. The number of carboxylic acid groups (broad SMARTS) is 1. The maximum Gasteiger partial charge on any atom is 0.306 e. The summed E-state index contributed by atoms with van der Waals surface area (Å²) < 4.78 is 5.55. The van der Waals surface area contributed by atoms with E-state index < -0.39 is 5.97 Å². The topological polar surface area (TPSA) is 49.8 Å². The van der Waals surface area contributed by atoms with Gasteiger partial charge in [-0.25, -0.2) is 0 Å². The molecule has 0 amide bonds. The lowest BCUT2D eigenvalue weighted by molar-refractivity contribution is -0.143. The number of aryl methyl sites for hydroxylation is 1. The van der Waals surface area contributed by atoms with Gasteiger partial charge in [0.15, 0.2) is 0 Å². The number of carbonyl (C=O) groups is 1. The highest BCUT2D eigenvalue weighted by Gasteiger charge is 2.25. The van der Waals surface area contributed by atoms with E-state index in [0.717, 1.165) is 43.8 Å². The van der Waals surface area contributed by atoms with Crippen LogP contribution in [0.25, 0.3) is 11.1 Å².